The molecule has 7 rings (SSSR count). The van der Waals surface area contributed by atoms with E-state index < -0.39 is 23.9 Å². The molecule has 2 amide bonds. The number of anilines is 2. The molecule has 1 atom stereocenters. The van der Waals surface area contributed by atoms with Crippen LogP contribution in [0.2, 0.25) is 19.6 Å². The van der Waals surface area contributed by atoms with Crippen LogP contribution in [0.5, 0.6) is 5.75 Å². The highest BCUT2D eigenvalue weighted by atomic mass is 32.2. The summed E-state index contributed by atoms with van der Waals surface area (Å²) in [6.45, 7) is 10.1. The predicted octanol–water partition coefficient (Wildman–Crippen LogP) is 8.17. The minimum absolute atomic E-state index is 0.149. The molecule has 1 aliphatic rings. The van der Waals surface area contributed by atoms with Gasteiger partial charge < -0.3 is 24.4 Å². The second-order valence-corrected chi connectivity index (χ2v) is 22.9. The lowest BCUT2D eigenvalue weighted by Crippen LogP contribution is -2.55. The molecule has 1 aromatic heterocycles. The van der Waals surface area contributed by atoms with Gasteiger partial charge in [0.2, 0.25) is 18.1 Å². The van der Waals surface area contributed by atoms with Gasteiger partial charge in [0.1, 0.15) is 4.70 Å². The van der Waals surface area contributed by atoms with E-state index in [4.69, 9.17) is 4.74 Å². The van der Waals surface area contributed by atoms with Gasteiger partial charge in [-0.1, -0.05) is 104 Å². The molecule has 5 aromatic carbocycles. The Kier molecular flexibility index (Phi) is 11.0. The number of hydrogen-bond acceptors (Lipinski definition) is 8. The Morgan fingerprint density at radius 3 is 2.33 bits per heavy atom. The van der Waals surface area contributed by atoms with Gasteiger partial charge in [-0.3, -0.25) is 5.32 Å². The van der Waals surface area contributed by atoms with Crippen LogP contribution in [-0.4, -0.2) is 51.7 Å². The van der Waals surface area contributed by atoms with Crippen molar-refractivity contribution in [3.63, 3.8) is 0 Å². The summed E-state index contributed by atoms with van der Waals surface area (Å²) in [4.78, 5) is 17.7. The molecular formula is C42H45N5O5S2Si. The van der Waals surface area contributed by atoms with Crippen molar-refractivity contribution in [2.24, 2.45) is 0 Å². The van der Waals surface area contributed by atoms with E-state index in [0.717, 1.165) is 48.1 Å². The molecule has 1 unspecified atom stereocenters. The SMILES string of the molecule is CC(N(CNC(=O)NC[n+]1c(/C=C/C=C2\Oc3ccc4ccccc4c3N2CCCS(=O)(=O)[O-])sc2ccc3ccccc3c21)c1ccccc1)[Si](C)(C)C. The number of nitrogens with one attached hydrogen (secondary N) is 2. The van der Waals surface area contributed by atoms with Crippen molar-refractivity contribution >= 4 is 84.8 Å². The zero-order chi connectivity index (χ0) is 38.7. The summed E-state index contributed by atoms with van der Waals surface area (Å²) < 4.78 is 44.0. The number of para-hydroxylation sites is 1. The molecule has 0 fully saturated rings. The molecule has 2 heterocycles. The number of urea groups is 1. The van der Waals surface area contributed by atoms with Crippen LogP contribution in [0.1, 0.15) is 18.4 Å². The Morgan fingerprint density at radius 2 is 1.60 bits per heavy atom. The van der Waals surface area contributed by atoms with Gasteiger partial charge >= 0.3 is 6.03 Å². The summed E-state index contributed by atoms with van der Waals surface area (Å²) in [7, 11) is -5.96. The number of carbonyl (C=O) groups is 1. The van der Waals surface area contributed by atoms with E-state index in [9.17, 15) is 17.8 Å². The molecule has 284 valence electrons. The third-order valence-electron chi connectivity index (χ3n) is 10.1. The molecule has 13 heteroatoms. The minimum Gasteiger partial charge on any atom is -0.748 e. The Morgan fingerprint density at radius 1 is 0.927 bits per heavy atom. The van der Waals surface area contributed by atoms with Gasteiger partial charge in [-0.2, -0.15) is 4.57 Å². The van der Waals surface area contributed by atoms with Crippen LogP contribution < -0.4 is 29.7 Å². The molecule has 10 nitrogen and oxygen atoms in total. The molecule has 6 aromatic rings. The average Bonchev–Trinajstić information content (AvgIpc) is 3.71. The van der Waals surface area contributed by atoms with Gasteiger partial charge in [0.15, 0.2) is 5.75 Å². The van der Waals surface area contributed by atoms with E-state index in [-0.39, 0.29) is 31.3 Å². The summed E-state index contributed by atoms with van der Waals surface area (Å²) in [6.07, 6.45) is 5.89. The lowest BCUT2D eigenvalue weighted by Gasteiger charge is -2.38. The lowest BCUT2D eigenvalue weighted by molar-refractivity contribution is -0.671. The Labute approximate surface area is 327 Å². The third kappa shape index (κ3) is 8.55. The first-order chi connectivity index (χ1) is 26.4. The van der Waals surface area contributed by atoms with Crippen LogP contribution in [-0.2, 0) is 16.8 Å². The highest BCUT2D eigenvalue weighted by Gasteiger charge is 2.30. The number of aromatic nitrogens is 1. The number of rotatable bonds is 13. The molecule has 0 radical (unpaired) electrons. The van der Waals surface area contributed by atoms with Crippen molar-refractivity contribution in [3.8, 4) is 5.75 Å². The van der Waals surface area contributed by atoms with Crippen LogP contribution >= 0.6 is 11.3 Å². The second kappa shape index (κ2) is 15.9. The van der Waals surface area contributed by atoms with Gasteiger partial charge in [-0.25, -0.2) is 13.2 Å². The number of ether oxygens (including phenoxy) is 1. The fourth-order valence-electron chi connectivity index (χ4n) is 6.90. The highest BCUT2D eigenvalue weighted by Crippen LogP contribution is 2.44. The first-order valence-corrected chi connectivity index (χ1v) is 24.3. The Hall–Kier alpha value is -5.21. The maximum Gasteiger partial charge on any atom is 0.320 e. The first-order valence-electron chi connectivity index (χ1n) is 18.3. The number of hydrogen-bond donors (Lipinski definition) is 2. The van der Waals surface area contributed by atoms with Crippen molar-refractivity contribution < 1.29 is 27.1 Å². The fourth-order valence-corrected chi connectivity index (χ4v) is 9.64. The molecule has 1 aliphatic heterocycles. The monoisotopic (exact) mass is 791 g/mol. The number of carbonyl (C=O) groups excluding carboxylic acids is 1. The molecule has 0 saturated heterocycles. The second-order valence-electron chi connectivity index (χ2n) is 14.7. The van der Waals surface area contributed by atoms with Crippen LogP contribution in [0, 0.1) is 0 Å². The van der Waals surface area contributed by atoms with Gasteiger partial charge in [0, 0.05) is 35.1 Å². The highest BCUT2D eigenvalue weighted by molar-refractivity contribution is 7.85. The van der Waals surface area contributed by atoms with Crippen LogP contribution in [0.25, 0.3) is 37.8 Å². The number of allylic oxidation sites excluding steroid dienone is 2. The zero-order valence-corrected chi connectivity index (χ0v) is 34.0. The van der Waals surface area contributed by atoms with Crippen LogP contribution in [0.3, 0.4) is 0 Å². The van der Waals surface area contributed by atoms with Crippen LogP contribution in [0.4, 0.5) is 16.2 Å². The molecule has 0 aliphatic carbocycles. The molecular weight excluding hydrogens is 747 g/mol. The standard InChI is InChI=1S/C42H45N5O5S2Si/c1-30(55(2,3)4)46(33-16-6-5-7-17-33)28-43-42(48)44-29-47-39(53-37-25-23-32-15-9-11-19-35(32)41(37)47)21-12-20-38-45(26-13-27-54(49,50)51)40-34-18-10-8-14-31(34)22-24-36(40)52-38/h5-12,14-25,30H,13,26-29H2,1-4H3,(H2-,43,44,48,49,50,51). The van der Waals surface area contributed by atoms with E-state index in [1.54, 1.807) is 11.3 Å². The molecule has 0 bridgehead atoms. The summed E-state index contributed by atoms with van der Waals surface area (Å²) >= 11 is 1.62. The summed E-state index contributed by atoms with van der Waals surface area (Å²) in [6, 6.07) is 34.2. The molecule has 55 heavy (non-hydrogen) atoms. The van der Waals surface area contributed by atoms with Crippen LogP contribution in [0.15, 0.2) is 121 Å². The summed E-state index contributed by atoms with van der Waals surface area (Å²) in [5.74, 6) is 0.717. The van der Waals surface area contributed by atoms with E-state index in [2.05, 4.69) is 83.1 Å². The molecule has 0 saturated carbocycles. The van der Waals surface area contributed by atoms with Crippen molar-refractivity contribution in [1.29, 1.82) is 0 Å². The van der Waals surface area contributed by atoms with Crippen molar-refractivity contribution in [3.05, 3.63) is 126 Å². The number of thiazole rings is 1. The van der Waals surface area contributed by atoms with E-state index in [1.165, 1.54) is 0 Å². The zero-order valence-electron chi connectivity index (χ0n) is 31.4. The van der Waals surface area contributed by atoms with Gasteiger partial charge in [0.05, 0.1) is 35.9 Å². The normalized spacial score (nSPS) is 14.5. The Balaban J connectivity index is 1.17. The number of benzene rings is 5. The average molecular weight is 792 g/mol. The third-order valence-corrected chi connectivity index (χ3v) is 14.8. The molecule has 0 spiro atoms. The van der Waals surface area contributed by atoms with Crippen molar-refractivity contribution in [1.82, 2.24) is 10.6 Å². The number of nitrogens with zero attached hydrogens (tertiary/aromatic N) is 3. The minimum atomic E-state index is -4.37. The summed E-state index contributed by atoms with van der Waals surface area (Å²) in [5, 5.41) is 11.3. The van der Waals surface area contributed by atoms with Crippen molar-refractivity contribution in [2.45, 2.75) is 45.3 Å². The number of amides is 2. The van der Waals surface area contributed by atoms with E-state index in [1.807, 2.05) is 89.9 Å². The predicted molar refractivity (Wildman–Crippen MR) is 226 cm³/mol. The lowest BCUT2D eigenvalue weighted by atomic mass is 10.1. The largest absolute Gasteiger partial charge is 0.748 e. The smallest absolute Gasteiger partial charge is 0.320 e. The molecule has 2 N–H and O–H groups in total. The van der Waals surface area contributed by atoms with Gasteiger partial charge in [0.25, 0.3) is 5.01 Å². The summed E-state index contributed by atoms with van der Waals surface area (Å²) in [5.41, 5.74) is 3.21. The Bertz CT molecular complexity index is 2530. The van der Waals surface area contributed by atoms with E-state index in [0.29, 0.717) is 18.3 Å². The van der Waals surface area contributed by atoms with E-state index >= 15 is 0 Å². The van der Waals surface area contributed by atoms with Crippen molar-refractivity contribution in [2.75, 3.05) is 28.8 Å². The van der Waals surface area contributed by atoms with Gasteiger partial charge in [-0.05, 0) is 66.6 Å². The van der Waals surface area contributed by atoms with Gasteiger partial charge in [-0.15, -0.1) is 0 Å². The topological polar surface area (TPSA) is 118 Å². The maximum absolute atomic E-state index is 13.5. The quantitative estimate of drug-likeness (QED) is 0.0525. The number of fused-ring (bicyclic) bond motifs is 6. The fraction of sp³-hybridized carbons (Fsp3) is 0.238. The first kappa shape index (κ1) is 38.1. The maximum atomic E-state index is 13.5.